The Morgan fingerprint density at radius 2 is 2.18 bits per heavy atom. The summed E-state index contributed by atoms with van der Waals surface area (Å²) in [5.41, 5.74) is 8.98. The summed E-state index contributed by atoms with van der Waals surface area (Å²) >= 11 is 0. The first-order valence-electron chi connectivity index (χ1n) is 6.11. The maximum atomic E-state index is 9.79. The molecule has 0 amide bonds. The van der Waals surface area contributed by atoms with Crippen LogP contribution in [0, 0.1) is 6.92 Å². The van der Waals surface area contributed by atoms with Crippen LogP contribution in [0.3, 0.4) is 0 Å². The maximum absolute atomic E-state index is 9.79. The largest absolute Gasteiger partial charge is 0.389 e. The van der Waals surface area contributed by atoms with Gasteiger partial charge in [0, 0.05) is 29.2 Å². The molecule has 1 aromatic carbocycles. The Kier molecular flexibility index (Phi) is 3.50. The molecule has 0 fully saturated rings. The molecule has 0 radical (unpaired) electrons. The van der Waals surface area contributed by atoms with E-state index in [0.29, 0.717) is 6.54 Å². The number of nitrogens with two attached hydrogens (primary N) is 1. The van der Waals surface area contributed by atoms with Gasteiger partial charge < -0.3 is 15.4 Å². The van der Waals surface area contributed by atoms with Crippen LogP contribution in [-0.4, -0.2) is 16.2 Å². The van der Waals surface area contributed by atoms with E-state index in [1.807, 2.05) is 13.1 Å². The summed E-state index contributed by atoms with van der Waals surface area (Å²) in [7, 11) is 0. The first kappa shape index (κ1) is 12.1. The Morgan fingerprint density at radius 3 is 2.82 bits per heavy atom. The number of fused-ring (bicyclic) bond motifs is 1. The van der Waals surface area contributed by atoms with E-state index >= 15 is 0 Å². The second kappa shape index (κ2) is 4.90. The van der Waals surface area contributed by atoms with Crippen molar-refractivity contribution < 1.29 is 5.11 Å². The fraction of sp³-hybridized carbons (Fsp3) is 0.429. The third-order valence-corrected chi connectivity index (χ3v) is 3.12. The van der Waals surface area contributed by atoms with Crippen molar-refractivity contribution in [3.05, 3.63) is 35.5 Å². The third-order valence-electron chi connectivity index (χ3n) is 3.12. The van der Waals surface area contributed by atoms with E-state index in [9.17, 15) is 5.11 Å². The topological polar surface area (TPSA) is 51.2 Å². The molecule has 1 unspecified atom stereocenters. The molecule has 3 nitrogen and oxygen atoms in total. The molecule has 3 heteroatoms. The zero-order valence-corrected chi connectivity index (χ0v) is 10.5. The number of aliphatic hydroxyl groups excluding tert-OH is 1. The van der Waals surface area contributed by atoms with E-state index in [1.165, 1.54) is 11.1 Å². The SMILES string of the molecule is Cc1ccc2c(C(C)O)cn(CCCN)c2c1. The van der Waals surface area contributed by atoms with Gasteiger partial charge in [0.15, 0.2) is 0 Å². The normalized spacial score (nSPS) is 13.2. The second-order valence-electron chi connectivity index (χ2n) is 4.62. The lowest BCUT2D eigenvalue weighted by Crippen LogP contribution is -2.04. The van der Waals surface area contributed by atoms with Gasteiger partial charge in [0.1, 0.15) is 0 Å². The van der Waals surface area contributed by atoms with Gasteiger partial charge in [0.2, 0.25) is 0 Å². The van der Waals surface area contributed by atoms with Crippen molar-refractivity contribution in [2.75, 3.05) is 6.54 Å². The minimum Gasteiger partial charge on any atom is -0.389 e. The van der Waals surface area contributed by atoms with Gasteiger partial charge in [-0.3, -0.25) is 0 Å². The third kappa shape index (κ3) is 2.35. The smallest absolute Gasteiger partial charge is 0.0782 e. The Labute approximate surface area is 102 Å². The molecule has 0 bridgehead atoms. The van der Waals surface area contributed by atoms with Crippen molar-refractivity contribution in [2.24, 2.45) is 5.73 Å². The Balaban J connectivity index is 2.54. The molecule has 0 aliphatic heterocycles. The van der Waals surface area contributed by atoms with Crippen molar-refractivity contribution in [3.63, 3.8) is 0 Å². The summed E-state index contributed by atoms with van der Waals surface area (Å²) in [5, 5.41) is 10.9. The summed E-state index contributed by atoms with van der Waals surface area (Å²) in [6.07, 6.45) is 2.57. The molecule has 3 N–H and O–H groups in total. The molecular formula is C14H20N2O. The van der Waals surface area contributed by atoms with Crippen LogP contribution >= 0.6 is 0 Å². The van der Waals surface area contributed by atoms with E-state index in [2.05, 4.69) is 29.7 Å². The molecule has 92 valence electrons. The summed E-state index contributed by atoms with van der Waals surface area (Å²) in [5.74, 6) is 0. The van der Waals surface area contributed by atoms with Crippen LogP contribution in [0.25, 0.3) is 10.9 Å². The van der Waals surface area contributed by atoms with Gasteiger partial charge in [0.05, 0.1) is 6.10 Å². The highest BCUT2D eigenvalue weighted by Gasteiger charge is 2.11. The lowest BCUT2D eigenvalue weighted by Gasteiger charge is -2.04. The number of hydrogen-bond acceptors (Lipinski definition) is 2. The van der Waals surface area contributed by atoms with E-state index in [0.717, 1.165) is 23.9 Å². The number of rotatable bonds is 4. The van der Waals surface area contributed by atoms with Gasteiger partial charge in [-0.1, -0.05) is 12.1 Å². The molecule has 0 saturated carbocycles. The molecule has 0 spiro atoms. The maximum Gasteiger partial charge on any atom is 0.0782 e. The molecular weight excluding hydrogens is 212 g/mol. The summed E-state index contributed by atoms with van der Waals surface area (Å²) < 4.78 is 2.19. The summed E-state index contributed by atoms with van der Waals surface area (Å²) in [6.45, 7) is 5.49. The number of aromatic nitrogens is 1. The monoisotopic (exact) mass is 232 g/mol. The van der Waals surface area contributed by atoms with Crippen LogP contribution < -0.4 is 5.73 Å². The molecule has 0 saturated heterocycles. The van der Waals surface area contributed by atoms with Gasteiger partial charge >= 0.3 is 0 Å². The Morgan fingerprint density at radius 1 is 1.41 bits per heavy atom. The van der Waals surface area contributed by atoms with Crippen LogP contribution in [0.4, 0.5) is 0 Å². The van der Waals surface area contributed by atoms with E-state index in [1.54, 1.807) is 0 Å². The quantitative estimate of drug-likeness (QED) is 0.850. The fourth-order valence-electron chi connectivity index (χ4n) is 2.21. The van der Waals surface area contributed by atoms with Crippen LogP contribution in [0.2, 0.25) is 0 Å². The van der Waals surface area contributed by atoms with E-state index < -0.39 is 6.10 Å². The van der Waals surface area contributed by atoms with Crippen LogP contribution in [0.5, 0.6) is 0 Å². The first-order chi connectivity index (χ1) is 8.13. The number of hydrogen-bond donors (Lipinski definition) is 2. The highest BCUT2D eigenvalue weighted by molar-refractivity contribution is 5.85. The number of nitrogens with zero attached hydrogens (tertiary/aromatic N) is 1. The molecule has 1 heterocycles. The van der Waals surface area contributed by atoms with E-state index in [4.69, 9.17) is 5.73 Å². The molecule has 2 rings (SSSR count). The molecule has 1 atom stereocenters. The van der Waals surface area contributed by atoms with Crippen LogP contribution in [0.1, 0.15) is 30.6 Å². The minimum absolute atomic E-state index is 0.431. The van der Waals surface area contributed by atoms with Crippen molar-refractivity contribution in [3.8, 4) is 0 Å². The predicted molar refractivity (Wildman–Crippen MR) is 71.0 cm³/mol. The predicted octanol–water partition coefficient (Wildman–Crippen LogP) is 2.35. The van der Waals surface area contributed by atoms with Gasteiger partial charge in [-0.15, -0.1) is 0 Å². The van der Waals surface area contributed by atoms with Crippen molar-refractivity contribution in [2.45, 2.75) is 32.9 Å². The highest BCUT2D eigenvalue weighted by atomic mass is 16.3. The van der Waals surface area contributed by atoms with Crippen molar-refractivity contribution >= 4 is 10.9 Å². The average Bonchev–Trinajstić information content (AvgIpc) is 2.64. The zero-order valence-electron chi connectivity index (χ0n) is 10.5. The molecule has 0 aliphatic carbocycles. The lowest BCUT2D eigenvalue weighted by molar-refractivity contribution is 0.200. The van der Waals surface area contributed by atoms with Gasteiger partial charge in [-0.2, -0.15) is 0 Å². The van der Waals surface area contributed by atoms with Gasteiger partial charge in [-0.05, 0) is 38.4 Å². The van der Waals surface area contributed by atoms with Crippen LogP contribution in [-0.2, 0) is 6.54 Å². The van der Waals surface area contributed by atoms with Crippen molar-refractivity contribution in [1.29, 1.82) is 0 Å². The average molecular weight is 232 g/mol. The van der Waals surface area contributed by atoms with Gasteiger partial charge in [-0.25, -0.2) is 0 Å². The Bertz CT molecular complexity index is 514. The van der Waals surface area contributed by atoms with Crippen LogP contribution in [0.15, 0.2) is 24.4 Å². The number of aliphatic hydroxyl groups is 1. The zero-order chi connectivity index (χ0) is 12.4. The first-order valence-corrected chi connectivity index (χ1v) is 6.11. The Hall–Kier alpha value is -1.32. The van der Waals surface area contributed by atoms with Crippen molar-refractivity contribution in [1.82, 2.24) is 4.57 Å². The van der Waals surface area contributed by atoms with E-state index in [-0.39, 0.29) is 0 Å². The summed E-state index contributed by atoms with van der Waals surface area (Å²) in [6, 6.07) is 6.34. The molecule has 2 aromatic rings. The number of benzene rings is 1. The van der Waals surface area contributed by atoms with Gasteiger partial charge in [0.25, 0.3) is 0 Å². The lowest BCUT2D eigenvalue weighted by atomic mass is 10.1. The molecule has 17 heavy (non-hydrogen) atoms. The fourth-order valence-corrected chi connectivity index (χ4v) is 2.21. The number of aryl methyl sites for hydroxylation is 2. The molecule has 0 aliphatic rings. The standard InChI is InChI=1S/C14H20N2O/c1-10-4-5-12-13(11(2)17)9-16(7-3-6-15)14(12)8-10/h4-5,8-9,11,17H,3,6-7,15H2,1-2H3. The summed E-state index contributed by atoms with van der Waals surface area (Å²) in [4.78, 5) is 0. The second-order valence-corrected chi connectivity index (χ2v) is 4.62. The minimum atomic E-state index is -0.431. The molecule has 1 aromatic heterocycles. The highest BCUT2D eigenvalue weighted by Crippen LogP contribution is 2.27.